The van der Waals surface area contributed by atoms with Crippen molar-refractivity contribution >= 4 is 33.7 Å². The summed E-state index contributed by atoms with van der Waals surface area (Å²) in [6.45, 7) is 1.46. The topological polar surface area (TPSA) is 67.6 Å². The number of hydrogen-bond acceptors (Lipinski definition) is 4. The van der Waals surface area contributed by atoms with Gasteiger partial charge in [-0.1, -0.05) is 36.4 Å². The first kappa shape index (κ1) is 15.3. The molecule has 3 N–H and O–H groups in total. The van der Waals surface area contributed by atoms with Gasteiger partial charge in [0.1, 0.15) is 12.4 Å². The van der Waals surface area contributed by atoms with Crippen molar-refractivity contribution in [1.29, 1.82) is 0 Å². The Kier molecular flexibility index (Phi) is 3.90. The predicted octanol–water partition coefficient (Wildman–Crippen LogP) is 3.26. The van der Waals surface area contributed by atoms with Crippen molar-refractivity contribution in [2.45, 2.75) is 0 Å². The number of fused-ring (bicyclic) bond motifs is 2. The number of anilines is 3. The van der Waals surface area contributed by atoms with E-state index < -0.39 is 0 Å². The minimum absolute atomic E-state index is 0.0633. The van der Waals surface area contributed by atoms with Crippen LogP contribution in [0.15, 0.2) is 60.7 Å². The summed E-state index contributed by atoms with van der Waals surface area (Å²) in [7, 11) is 0. The number of carbonyl (C=O) groups is 1. The van der Waals surface area contributed by atoms with Crippen LogP contribution in [-0.4, -0.2) is 25.6 Å². The lowest BCUT2D eigenvalue weighted by Gasteiger charge is -2.30. The second-order valence-corrected chi connectivity index (χ2v) is 6.07. The summed E-state index contributed by atoms with van der Waals surface area (Å²) in [6, 6.07) is 19.4. The van der Waals surface area contributed by atoms with Crippen molar-refractivity contribution in [1.82, 2.24) is 0 Å². The number of amides is 1. The molecule has 0 spiro atoms. The molecule has 0 saturated carbocycles. The van der Waals surface area contributed by atoms with Gasteiger partial charge in [0.25, 0.3) is 0 Å². The number of hydrogen-bond donors (Lipinski definition) is 2. The molecule has 25 heavy (non-hydrogen) atoms. The fourth-order valence-corrected chi connectivity index (χ4v) is 3.15. The summed E-state index contributed by atoms with van der Waals surface area (Å²) in [5.74, 6) is 0.699. The first-order valence-corrected chi connectivity index (χ1v) is 8.25. The van der Waals surface area contributed by atoms with Crippen molar-refractivity contribution in [2.75, 3.05) is 35.6 Å². The van der Waals surface area contributed by atoms with E-state index in [0.29, 0.717) is 18.8 Å². The van der Waals surface area contributed by atoms with Crippen LogP contribution in [0, 0.1) is 0 Å². The van der Waals surface area contributed by atoms with Crippen LogP contribution in [0.25, 0.3) is 10.8 Å². The third kappa shape index (κ3) is 3.08. The molecule has 5 nitrogen and oxygen atoms in total. The molecule has 0 aromatic heterocycles. The molecule has 0 fully saturated rings. The fourth-order valence-electron chi connectivity index (χ4n) is 3.15. The summed E-state index contributed by atoms with van der Waals surface area (Å²) in [5.41, 5.74) is 8.22. The zero-order chi connectivity index (χ0) is 17.2. The lowest BCUT2D eigenvalue weighted by atomic mass is 10.1. The van der Waals surface area contributed by atoms with Crippen molar-refractivity contribution in [3.8, 4) is 5.75 Å². The largest absolute Gasteiger partial charge is 0.490 e. The Morgan fingerprint density at radius 2 is 1.96 bits per heavy atom. The van der Waals surface area contributed by atoms with Gasteiger partial charge in [0.05, 0.1) is 18.8 Å². The monoisotopic (exact) mass is 333 g/mol. The third-order valence-electron chi connectivity index (χ3n) is 4.34. The Balaban J connectivity index is 1.54. The summed E-state index contributed by atoms with van der Waals surface area (Å²) in [4.78, 5) is 14.6. The Bertz CT molecular complexity index is 934. The minimum Gasteiger partial charge on any atom is -0.490 e. The Hall–Kier alpha value is -3.21. The van der Waals surface area contributed by atoms with Gasteiger partial charge in [0, 0.05) is 16.8 Å². The molecular weight excluding hydrogens is 314 g/mol. The Morgan fingerprint density at radius 1 is 1.12 bits per heavy atom. The van der Waals surface area contributed by atoms with E-state index in [4.69, 9.17) is 10.5 Å². The average Bonchev–Trinajstić information content (AvgIpc) is 2.62. The van der Waals surface area contributed by atoms with Crippen LogP contribution in [0.3, 0.4) is 0 Å². The van der Waals surface area contributed by atoms with Gasteiger partial charge in [-0.2, -0.15) is 0 Å². The zero-order valence-corrected chi connectivity index (χ0v) is 13.7. The highest BCUT2D eigenvalue weighted by molar-refractivity contribution is 6.03. The van der Waals surface area contributed by atoms with E-state index in [-0.39, 0.29) is 12.5 Å². The summed E-state index contributed by atoms with van der Waals surface area (Å²) >= 11 is 0. The zero-order valence-electron chi connectivity index (χ0n) is 13.7. The maximum atomic E-state index is 12.6. The molecule has 126 valence electrons. The molecule has 5 heteroatoms. The molecule has 0 bridgehead atoms. The van der Waals surface area contributed by atoms with Gasteiger partial charge in [-0.3, -0.25) is 4.79 Å². The summed E-state index contributed by atoms with van der Waals surface area (Å²) in [5, 5.41) is 5.16. The molecule has 1 aliphatic heterocycles. The standard InChI is InChI=1S/C20H19N3O2/c21-15-8-9-19-18(12-15)23(10-11-25-19)13-20(24)22-17-7-3-5-14-4-1-2-6-16(14)17/h1-9,12H,10-11,13,21H2,(H,22,24). The molecule has 4 rings (SSSR count). The molecule has 1 aliphatic rings. The first-order valence-electron chi connectivity index (χ1n) is 8.25. The van der Waals surface area contributed by atoms with Gasteiger partial charge in [0.15, 0.2) is 0 Å². The molecule has 3 aromatic rings. The van der Waals surface area contributed by atoms with Crippen LogP contribution in [0.2, 0.25) is 0 Å². The van der Waals surface area contributed by atoms with Gasteiger partial charge in [-0.05, 0) is 29.7 Å². The first-order chi connectivity index (χ1) is 12.2. The lowest BCUT2D eigenvalue weighted by Crippen LogP contribution is -2.38. The molecule has 0 radical (unpaired) electrons. The van der Waals surface area contributed by atoms with Gasteiger partial charge >= 0.3 is 0 Å². The second kappa shape index (κ2) is 6.36. The highest BCUT2D eigenvalue weighted by Crippen LogP contribution is 2.33. The van der Waals surface area contributed by atoms with E-state index in [9.17, 15) is 4.79 Å². The molecule has 0 aliphatic carbocycles. The maximum absolute atomic E-state index is 12.6. The average molecular weight is 333 g/mol. The van der Waals surface area contributed by atoms with Crippen LogP contribution in [0.1, 0.15) is 0 Å². The number of nitrogens with zero attached hydrogens (tertiary/aromatic N) is 1. The fraction of sp³-hybridized carbons (Fsp3) is 0.150. The Labute approximate surface area is 146 Å². The van der Waals surface area contributed by atoms with E-state index in [1.807, 2.05) is 59.5 Å². The van der Waals surface area contributed by atoms with Gasteiger partial charge in [-0.15, -0.1) is 0 Å². The smallest absolute Gasteiger partial charge is 0.243 e. The van der Waals surface area contributed by atoms with Gasteiger partial charge in [-0.25, -0.2) is 0 Å². The molecule has 0 atom stereocenters. The van der Waals surface area contributed by atoms with Crippen LogP contribution in [0.5, 0.6) is 5.75 Å². The highest BCUT2D eigenvalue weighted by Gasteiger charge is 2.20. The summed E-state index contributed by atoms with van der Waals surface area (Å²) < 4.78 is 5.64. The van der Waals surface area contributed by atoms with Crippen molar-refractivity contribution in [3.63, 3.8) is 0 Å². The van der Waals surface area contributed by atoms with Crippen LogP contribution in [-0.2, 0) is 4.79 Å². The molecule has 3 aromatic carbocycles. The maximum Gasteiger partial charge on any atom is 0.243 e. The van der Waals surface area contributed by atoms with Gasteiger partial charge < -0.3 is 20.7 Å². The molecule has 1 amide bonds. The summed E-state index contributed by atoms with van der Waals surface area (Å²) in [6.07, 6.45) is 0. The van der Waals surface area contributed by atoms with E-state index in [2.05, 4.69) is 5.32 Å². The minimum atomic E-state index is -0.0633. The Morgan fingerprint density at radius 3 is 2.88 bits per heavy atom. The number of nitrogen functional groups attached to an aromatic ring is 1. The van der Waals surface area contributed by atoms with Crippen LogP contribution >= 0.6 is 0 Å². The predicted molar refractivity (Wildman–Crippen MR) is 101 cm³/mol. The van der Waals surface area contributed by atoms with Crippen molar-refractivity contribution < 1.29 is 9.53 Å². The van der Waals surface area contributed by atoms with Crippen molar-refractivity contribution in [3.05, 3.63) is 60.7 Å². The number of benzene rings is 3. The van der Waals surface area contributed by atoms with Gasteiger partial charge in [0.2, 0.25) is 5.91 Å². The normalized spacial score (nSPS) is 13.2. The van der Waals surface area contributed by atoms with E-state index >= 15 is 0 Å². The molecule has 0 saturated heterocycles. The number of nitrogens with one attached hydrogen (secondary N) is 1. The third-order valence-corrected chi connectivity index (χ3v) is 4.34. The van der Waals surface area contributed by atoms with Crippen LogP contribution < -0.4 is 20.7 Å². The van der Waals surface area contributed by atoms with E-state index in [1.54, 1.807) is 6.07 Å². The number of carbonyl (C=O) groups excluding carboxylic acids is 1. The number of rotatable bonds is 3. The lowest BCUT2D eigenvalue weighted by molar-refractivity contribution is -0.115. The number of ether oxygens (including phenoxy) is 1. The van der Waals surface area contributed by atoms with Crippen molar-refractivity contribution in [2.24, 2.45) is 0 Å². The molecule has 1 heterocycles. The molecular formula is C20H19N3O2. The SMILES string of the molecule is Nc1ccc2c(c1)N(CC(=O)Nc1cccc3ccccc13)CCO2. The quantitative estimate of drug-likeness (QED) is 0.722. The van der Waals surface area contributed by atoms with Crippen LogP contribution in [0.4, 0.5) is 17.1 Å². The second-order valence-electron chi connectivity index (χ2n) is 6.07. The van der Waals surface area contributed by atoms with E-state index in [0.717, 1.165) is 27.9 Å². The van der Waals surface area contributed by atoms with E-state index in [1.165, 1.54) is 0 Å². The molecule has 0 unspecified atom stereocenters. The number of nitrogens with two attached hydrogens (primary N) is 1. The highest BCUT2D eigenvalue weighted by atomic mass is 16.5.